The van der Waals surface area contributed by atoms with Gasteiger partial charge in [-0.05, 0) is 49.2 Å². The summed E-state index contributed by atoms with van der Waals surface area (Å²) in [5.74, 6) is -1.11. The van der Waals surface area contributed by atoms with Crippen LogP contribution in [0, 0.1) is 5.82 Å². The van der Waals surface area contributed by atoms with Gasteiger partial charge in [0, 0.05) is 12.7 Å². The number of hydrogen-bond acceptors (Lipinski definition) is 7. The molecular weight excluding hydrogens is 467 g/mol. The Labute approximate surface area is 196 Å². The number of rotatable bonds is 5. The fourth-order valence-electron chi connectivity index (χ4n) is 4.21. The molecule has 9 nitrogen and oxygen atoms in total. The van der Waals surface area contributed by atoms with Crippen molar-refractivity contribution in [1.82, 2.24) is 4.90 Å². The molecule has 4 rings (SSSR count). The van der Waals surface area contributed by atoms with E-state index in [1.807, 2.05) is 0 Å². The van der Waals surface area contributed by atoms with E-state index < -0.39 is 21.9 Å². The SMILES string of the molecule is COC(=O)C[C@H]1CC[C@H]2[C@@H](COc3ccc(NS(=O)(=O)c4cccc(F)c4)cc3C(=O)N2C)O1. The summed E-state index contributed by atoms with van der Waals surface area (Å²) in [4.78, 5) is 26.2. The van der Waals surface area contributed by atoms with Crippen LogP contribution in [0.2, 0.25) is 0 Å². The largest absolute Gasteiger partial charge is 0.490 e. The van der Waals surface area contributed by atoms with Crippen LogP contribution in [-0.4, -0.2) is 64.2 Å². The number of esters is 1. The van der Waals surface area contributed by atoms with E-state index in [2.05, 4.69) is 4.72 Å². The Kier molecular flexibility index (Phi) is 6.76. The predicted molar refractivity (Wildman–Crippen MR) is 120 cm³/mol. The Morgan fingerprint density at radius 2 is 2.03 bits per heavy atom. The van der Waals surface area contributed by atoms with Crippen LogP contribution in [0.25, 0.3) is 0 Å². The maximum atomic E-state index is 13.5. The van der Waals surface area contributed by atoms with Gasteiger partial charge in [-0.15, -0.1) is 0 Å². The van der Waals surface area contributed by atoms with Gasteiger partial charge in [0.2, 0.25) is 0 Å². The molecule has 34 heavy (non-hydrogen) atoms. The number of amides is 1. The molecule has 0 unspecified atom stereocenters. The Bertz CT molecular complexity index is 1200. The van der Waals surface area contributed by atoms with Crippen molar-refractivity contribution in [2.45, 2.75) is 42.4 Å². The molecule has 2 aromatic rings. The van der Waals surface area contributed by atoms with Crippen molar-refractivity contribution in [2.24, 2.45) is 0 Å². The van der Waals surface area contributed by atoms with Crippen molar-refractivity contribution in [2.75, 3.05) is 25.5 Å². The Balaban J connectivity index is 1.55. The number of hydrogen-bond donors (Lipinski definition) is 1. The molecule has 11 heteroatoms. The van der Waals surface area contributed by atoms with Gasteiger partial charge in [-0.25, -0.2) is 12.8 Å². The number of benzene rings is 2. The van der Waals surface area contributed by atoms with E-state index in [0.29, 0.717) is 12.8 Å². The minimum atomic E-state index is -4.06. The number of methoxy groups -OCH3 is 1. The van der Waals surface area contributed by atoms with Crippen molar-refractivity contribution >= 4 is 27.6 Å². The molecule has 0 aliphatic carbocycles. The lowest BCUT2D eigenvalue weighted by Crippen LogP contribution is -2.53. The molecule has 0 saturated carbocycles. The highest BCUT2D eigenvalue weighted by Gasteiger charge is 2.39. The van der Waals surface area contributed by atoms with Crippen LogP contribution in [0.1, 0.15) is 29.6 Å². The molecule has 2 aliphatic heterocycles. The number of likely N-dealkylation sites (N-methyl/N-ethyl adjacent to an activating group) is 1. The summed E-state index contributed by atoms with van der Waals surface area (Å²) in [6, 6.07) is 8.72. The van der Waals surface area contributed by atoms with Gasteiger partial charge >= 0.3 is 5.97 Å². The van der Waals surface area contributed by atoms with Crippen molar-refractivity contribution in [3.05, 3.63) is 53.8 Å². The Hall–Kier alpha value is -3.18. The van der Waals surface area contributed by atoms with Crippen LogP contribution in [0.4, 0.5) is 10.1 Å². The summed E-state index contributed by atoms with van der Waals surface area (Å²) < 4.78 is 57.8. The van der Waals surface area contributed by atoms with E-state index in [1.54, 1.807) is 11.9 Å². The molecule has 2 heterocycles. The van der Waals surface area contributed by atoms with Crippen LogP contribution < -0.4 is 9.46 Å². The summed E-state index contributed by atoms with van der Waals surface area (Å²) in [6.07, 6.45) is 0.562. The van der Waals surface area contributed by atoms with Gasteiger partial charge < -0.3 is 19.1 Å². The fourth-order valence-corrected chi connectivity index (χ4v) is 5.29. The van der Waals surface area contributed by atoms with Crippen LogP contribution in [0.15, 0.2) is 47.4 Å². The molecular formula is C23H25FN2O7S. The van der Waals surface area contributed by atoms with E-state index >= 15 is 0 Å². The lowest BCUT2D eigenvalue weighted by atomic mass is 9.94. The number of carbonyl (C=O) groups is 2. The maximum Gasteiger partial charge on any atom is 0.308 e. The highest BCUT2D eigenvalue weighted by molar-refractivity contribution is 7.92. The third kappa shape index (κ3) is 5.00. The number of nitrogens with one attached hydrogen (secondary N) is 1. The Morgan fingerprint density at radius 1 is 1.24 bits per heavy atom. The lowest BCUT2D eigenvalue weighted by molar-refractivity contribution is -0.151. The molecule has 2 aromatic carbocycles. The smallest absolute Gasteiger partial charge is 0.308 e. The van der Waals surface area contributed by atoms with E-state index in [1.165, 1.54) is 37.4 Å². The van der Waals surface area contributed by atoms with Gasteiger partial charge in [0.25, 0.3) is 15.9 Å². The number of halogens is 1. The van der Waals surface area contributed by atoms with Gasteiger partial charge in [-0.2, -0.15) is 0 Å². The molecule has 1 N–H and O–H groups in total. The lowest BCUT2D eigenvalue weighted by Gasteiger charge is -2.42. The first-order valence-corrected chi connectivity index (χ1v) is 12.2. The molecule has 1 fully saturated rings. The summed E-state index contributed by atoms with van der Waals surface area (Å²) in [7, 11) is -1.08. The van der Waals surface area contributed by atoms with Crippen molar-refractivity contribution in [3.63, 3.8) is 0 Å². The van der Waals surface area contributed by atoms with Gasteiger partial charge in [0.15, 0.2) is 0 Å². The third-order valence-electron chi connectivity index (χ3n) is 5.99. The number of nitrogens with zero attached hydrogens (tertiary/aromatic N) is 1. The number of carbonyl (C=O) groups excluding carboxylic acids is 2. The molecule has 1 saturated heterocycles. The van der Waals surface area contributed by atoms with Crippen LogP contribution >= 0.6 is 0 Å². The van der Waals surface area contributed by atoms with Gasteiger partial charge in [-0.1, -0.05) is 6.07 Å². The zero-order valence-corrected chi connectivity index (χ0v) is 19.5. The first-order valence-electron chi connectivity index (χ1n) is 10.7. The number of ether oxygens (including phenoxy) is 3. The molecule has 2 aliphatic rings. The van der Waals surface area contributed by atoms with Gasteiger partial charge in [-0.3, -0.25) is 14.3 Å². The normalized spacial score (nSPS) is 22.5. The summed E-state index contributed by atoms with van der Waals surface area (Å²) >= 11 is 0. The first kappa shape index (κ1) is 24.0. The summed E-state index contributed by atoms with van der Waals surface area (Å²) in [5, 5.41) is 0. The third-order valence-corrected chi connectivity index (χ3v) is 7.37. The second-order valence-corrected chi connectivity index (χ2v) is 9.90. The van der Waals surface area contributed by atoms with Gasteiger partial charge in [0.1, 0.15) is 24.3 Å². The molecule has 0 radical (unpaired) electrons. The maximum absolute atomic E-state index is 13.5. The monoisotopic (exact) mass is 492 g/mol. The van der Waals surface area contributed by atoms with Crippen molar-refractivity contribution in [3.8, 4) is 5.75 Å². The number of sulfonamides is 1. The zero-order chi connectivity index (χ0) is 24.5. The summed E-state index contributed by atoms with van der Waals surface area (Å²) in [6.45, 7) is 0.154. The van der Waals surface area contributed by atoms with Crippen LogP contribution in [0.3, 0.4) is 0 Å². The molecule has 0 bridgehead atoms. The molecule has 1 amide bonds. The molecule has 182 valence electrons. The standard InChI is InChI=1S/C23H25FN2O7S/c1-26-19-8-7-16(12-22(27)31-2)33-21(19)13-32-20-9-6-15(11-18(20)23(26)28)25-34(29,30)17-5-3-4-14(24)10-17/h3-6,9-11,16,19,21,25H,7-8,12-13H2,1-2H3/t16-,19+,21-/m1/s1. The average molecular weight is 493 g/mol. The van der Waals surface area contributed by atoms with Crippen LogP contribution in [-0.2, 0) is 24.3 Å². The predicted octanol–water partition coefficient (Wildman–Crippen LogP) is 2.57. The minimum Gasteiger partial charge on any atom is -0.490 e. The second-order valence-electron chi connectivity index (χ2n) is 8.22. The molecule has 0 spiro atoms. The molecule has 0 aromatic heterocycles. The first-order chi connectivity index (χ1) is 16.2. The van der Waals surface area contributed by atoms with E-state index in [-0.39, 0.29) is 58.9 Å². The average Bonchev–Trinajstić information content (AvgIpc) is 2.81. The fraction of sp³-hybridized carbons (Fsp3) is 0.391. The minimum absolute atomic E-state index is 0.128. The number of anilines is 1. The van der Waals surface area contributed by atoms with E-state index in [4.69, 9.17) is 14.2 Å². The highest BCUT2D eigenvalue weighted by atomic mass is 32.2. The topological polar surface area (TPSA) is 111 Å². The van der Waals surface area contributed by atoms with Crippen LogP contribution in [0.5, 0.6) is 5.75 Å². The van der Waals surface area contributed by atoms with Crippen molar-refractivity contribution in [1.29, 1.82) is 0 Å². The molecule has 3 atom stereocenters. The Morgan fingerprint density at radius 3 is 2.76 bits per heavy atom. The van der Waals surface area contributed by atoms with Crippen molar-refractivity contribution < 1.29 is 36.6 Å². The van der Waals surface area contributed by atoms with E-state index in [0.717, 1.165) is 12.1 Å². The summed E-state index contributed by atoms with van der Waals surface area (Å²) in [5.41, 5.74) is 0.334. The quantitative estimate of drug-likeness (QED) is 0.639. The number of fused-ring (bicyclic) bond motifs is 2. The van der Waals surface area contributed by atoms with E-state index in [9.17, 15) is 22.4 Å². The highest BCUT2D eigenvalue weighted by Crippen LogP contribution is 2.33. The second kappa shape index (κ2) is 9.59. The van der Waals surface area contributed by atoms with Gasteiger partial charge in [0.05, 0.1) is 36.1 Å². The zero-order valence-electron chi connectivity index (χ0n) is 18.7.